The SMILES string of the molecule is O=C=NCCOCCOC=CCS. The summed E-state index contributed by atoms with van der Waals surface area (Å²) in [5.41, 5.74) is 0. The summed E-state index contributed by atoms with van der Waals surface area (Å²) in [4.78, 5) is 12.9. The Morgan fingerprint density at radius 3 is 2.92 bits per heavy atom. The van der Waals surface area contributed by atoms with Crippen LogP contribution in [0.2, 0.25) is 0 Å². The van der Waals surface area contributed by atoms with Crippen molar-refractivity contribution >= 4 is 18.7 Å². The summed E-state index contributed by atoms with van der Waals surface area (Å²) in [7, 11) is 0. The van der Waals surface area contributed by atoms with Crippen molar-refractivity contribution in [3.63, 3.8) is 0 Å². The van der Waals surface area contributed by atoms with Crippen LogP contribution in [-0.4, -0.2) is 38.2 Å². The van der Waals surface area contributed by atoms with Gasteiger partial charge in [-0.2, -0.15) is 12.6 Å². The van der Waals surface area contributed by atoms with E-state index in [-0.39, 0.29) is 0 Å². The summed E-state index contributed by atoms with van der Waals surface area (Å²) in [5, 5.41) is 0. The second kappa shape index (κ2) is 11.2. The first kappa shape index (κ1) is 12.2. The molecule has 0 spiro atoms. The lowest BCUT2D eigenvalue weighted by Gasteiger charge is -2.00. The third kappa shape index (κ3) is 11.2. The number of carbonyl (C=O) groups excluding carboxylic acids is 1. The Kier molecular flexibility index (Phi) is 10.6. The summed E-state index contributed by atoms with van der Waals surface area (Å²) >= 11 is 3.96. The highest BCUT2D eigenvalue weighted by atomic mass is 32.1. The van der Waals surface area contributed by atoms with Crippen LogP contribution in [-0.2, 0) is 14.3 Å². The van der Waals surface area contributed by atoms with E-state index in [1.54, 1.807) is 12.3 Å². The topological polar surface area (TPSA) is 47.9 Å². The third-order valence-electron chi connectivity index (χ3n) is 1.06. The second-order valence-corrected chi connectivity index (χ2v) is 2.38. The molecular formula is C8H13NO3S. The quantitative estimate of drug-likeness (QED) is 0.209. The molecule has 74 valence electrons. The minimum Gasteiger partial charge on any atom is -0.499 e. The monoisotopic (exact) mass is 203 g/mol. The summed E-state index contributed by atoms with van der Waals surface area (Å²) in [6.07, 6.45) is 4.81. The van der Waals surface area contributed by atoms with E-state index < -0.39 is 0 Å². The van der Waals surface area contributed by atoms with Crippen LogP contribution >= 0.6 is 12.6 Å². The summed E-state index contributed by atoms with van der Waals surface area (Å²) in [5.74, 6) is 0.662. The molecule has 5 heteroatoms. The standard InChI is InChI=1S/C8H13NO3S/c10-8-9-2-4-12-6-5-11-3-1-7-13/h1,3,13H,2,4-7H2. The molecule has 4 nitrogen and oxygen atoms in total. The normalized spacial score (nSPS) is 9.92. The summed E-state index contributed by atoms with van der Waals surface area (Å²) in [6.45, 7) is 1.77. The van der Waals surface area contributed by atoms with Gasteiger partial charge in [-0.1, -0.05) is 0 Å². The number of nitrogens with zero attached hydrogens (tertiary/aromatic N) is 1. The largest absolute Gasteiger partial charge is 0.499 e. The third-order valence-corrected chi connectivity index (χ3v) is 1.27. The minimum atomic E-state index is 0.357. The molecule has 0 unspecified atom stereocenters. The number of ether oxygens (including phenoxy) is 2. The molecule has 0 amide bonds. The fourth-order valence-electron chi connectivity index (χ4n) is 0.544. The smallest absolute Gasteiger partial charge is 0.235 e. The van der Waals surface area contributed by atoms with Gasteiger partial charge in [0.15, 0.2) is 0 Å². The van der Waals surface area contributed by atoms with E-state index in [1.807, 2.05) is 0 Å². The van der Waals surface area contributed by atoms with Crippen molar-refractivity contribution in [2.75, 3.05) is 32.1 Å². The van der Waals surface area contributed by atoms with Crippen molar-refractivity contribution in [3.05, 3.63) is 12.3 Å². The van der Waals surface area contributed by atoms with Gasteiger partial charge >= 0.3 is 0 Å². The van der Waals surface area contributed by atoms with Crippen LogP contribution < -0.4 is 0 Å². The van der Waals surface area contributed by atoms with E-state index in [4.69, 9.17) is 9.47 Å². The summed E-state index contributed by atoms with van der Waals surface area (Å²) < 4.78 is 10.1. The Morgan fingerprint density at radius 1 is 1.38 bits per heavy atom. The molecule has 0 atom stereocenters. The van der Waals surface area contributed by atoms with Gasteiger partial charge in [-0.15, -0.1) is 0 Å². The molecule has 13 heavy (non-hydrogen) atoms. The lowest BCUT2D eigenvalue weighted by Crippen LogP contribution is -2.04. The van der Waals surface area contributed by atoms with Crippen LogP contribution in [0, 0.1) is 0 Å². The Bertz CT molecular complexity index is 178. The van der Waals surface area contributed by atoms with Gasteiger partial charge in [0.05, 0.1) is 26.0 Å². The van der Waals surface area contributed by atoms with Crippen LogP contribution in [0.5, 0.6) is 0 Å². The first-order valence-electron chi connectivity index (χ1n) is 3.90. The van der Waals surface area contributed by atoms with Gasteiger partial charge < -0.3 is 9.47 Å². The molecule has 0 aliphatic rings. The molecule has 0 N–H and O–H groups in total. The van der Waals surface area contributed by atoms with Crippen molar-refractivity contribution < 1.29 is 14.3 Å². The molecule has 0 saturated carbocycles. The number of hydrogen-bond donors (Lipinski definition) is 1. The average Bonchev–Trinajstić information content (AvgIpc) is 2.16. The molecule has 0 bridgehead atoms. The highest BCUT2D eigenvalue weighted by Gasteiger charge is 1.85. The molecule has 0 radical (unpaired) electrons. The molecule has 0 fully saturated rings. The van der Waals surface area contributed by atoms with E-state index in [0.717, 1.165) is 0 Å². The predicted octanol–water partition coefficient (Wildman–Crippen LogP) is 0.799. The number of rotatable bonds is 8. The lowest BCUT2D eigenvalue weighted by molar-refractivity contribution is 0.0898. The maximum Gasteiger partial charge on any atom is 0.235 e. The lowest BCUT2D eigenvalue weighted by atomic mass is 10.7. The van der Waals surface area contributed by atoms with Gasteiger partial charge in [0.25, 0.3) is 0 Å². The van der Waals surface area contributed by atoms with Gasteiger partial charge in [0.1, 0.15) is 6.61 Å². The molecule has 0 saturated heterocycles. The van der Waals surface area contributed by atoms with Crippen LogP contribution in [0.15, 0.2) is 17.3 Å². The number of hydrogen-bond acceptors (Lipinski definition) is 5. The zero-order valence-electron chi connectivity index (χ0n) is 7.31. The Hall–Kier alpha value is -0.770. The second-order valence-electron chi connectivity index (χ2n) is 2.01. The molecule has 0 aromatic rings. The van der Waals surface area contributed by atoms with Crippen molar-refractivity contribution in [3.8, 4) is 0 Å². The van der Waals surface area contributed by atoms with Crippen molar-refractivity contribution in [1.29, 1.82) is 0 Å². The van der Waals surface area contributed by atoms with E-state index in [0.29, 0.717) is 32.1 Å². The zero-order valence-corrected chi connectivity index (χ0v) is 8.20. The van der Waals surface area contributed by atoms with E-state index >= 15 is 0 Å². The Balaban J connectivity index is 2.99. The zero-order chi connectivity index (χ0) is 9.78. The van der Waals surface area contributed by atoms with Crippen molar-refractivity contribution in [2.24, 2.45) is 4.99 Å². The average molecular weight is 203 g/mol. The highest BCUT2D eigenvalue weighted by molar-refractivity contribution is 7.80. The molecule has 0 heterocycles. The van der Waals surface area contributed by atoms with Gasteiger partial charge in [-0.05, 0) is 6.08 Å². The fraction of sp³-hybridized carbons (Fsp3) is 0.625. The first-order valence-corrected chi connectivity index (χ1v) is 4.54. The molecule has 0 aliphatic carbocycles. The van der Waals surface area contributed by atoms with Crippen molar-refractivity contribution in [1.82, 2.24) is 0 Å². The van der Waals surface area contributed by atoms with Gasteiger partial charge in [-0.25, -0.2) is 9.79 Å². The maximum absolute atomic E-state index is 9.62. The Morgan fingerprint density at radius 2 is 2.23 bits per heavy atom. The van der Waals surface area contributed by atoms with Crippen molar-refractivity contribution in [2.45, 2.75) is 0 Å². The van der Waals surface area contributed by atoms with E-state index in [1.165, 1.54) is 6.08 Å². The predicted molar refractivity (Wildman–Crippen MR) is 52.8 cm³/mol. The molecular weight excluding hydrogens is 190 g/mol. The molecule has 0 aromatic carbocycles. The van der Waals surface area contributed by atoms with Crippen LogP contribution in [0.3, 0.4) is 0 Å². The molecule has 0 aliphatic heterocycles. The minimum absolute atomic E-state index is 0.357. The first-order chi connectivity index (χ1) is 6.41. The highest BCUT2D eigenvalue weighted by Crippen LogP contribution is 1.82. The van der Waals surface area contributed by atoms with Crippen LogP contribution in [0.4, 0.5) is 0 Å². The van der Waals surface area contributed by atoms with E-state index in [9.17, 15) is 4.79 Å². The van der Waals surface area contributed by atoms with E-state index in [2.05, 4.69) is 17.6 Å². The summed E-state index contributed by atoms with van der Waals surface area (Å²) in [6, 6.07) is 0. The molecule has 0 aromatic heterocycles. The Labute approximate surface area is 83.0 Å². The number of isocyanates is 1. The van der Waals surface area contributed by atoms with Crippen LogP contribution in [0.1, 0.15) is 0 Å². The fourth-order valence-corrected chi connectivity index (χ4v) is 0.630. The maximum atomic E-state index is 9.62. The molecule has 0 rings (SSSR count). The number of thiol groups is 1. The van der Waals surface area contributed by atoms with Gasteiger partial charge in [-0.3, -0.25) is 0 Å². The van der Waals surface area contributed by atoms with Crippen LogP contribution in [0.25, 0.3) is 0 Å². The number of aliphatic imine (C=N–C) groups is 1. The van der Waals surface area contributed by atoms with Gasteiger partial charge in [0, 0.05) is 5.75 Å². The van der Waals surface area contributed by atoms with Gasteiger partial charge in [0.2, 0.25) is 6.08 Å².